The summed E-state index contributed by atoms with van der Waals surface area (Å²) in [5, 5.41) is 3.84. The molecular weight excluding hydrogens is 212 g/mol. The van der Waals surface area contributed by atoms with Gasteiger partial charge in [-0.25, -0.2) is 4.98 Å². The number of H-pyrrole nitrogens is 1. The molecule has 0 spiro atoms. The fourth-order valence-electron chi connectivity index (χ4n) is 1.25. The quantitative estimate of drug-likeness (QED) is 0.839. The monoisotopic (exact) mass is 222 g/mol. The summed E-state index contributed by atoms with van der Waals surface area (Å²) in [6.45, 7) is 2.62. The molecule has 78 valence electrons. The number of aryl methyl sites for hydroxylation is 1. The van der Waals surface area contributed by atoms with Gasteiger partial charge < -0.3 is 10.3 Å². The Balaban J connectivity index is 2.06. The average Bonchev–Trinajstić information content (AvgIpc) is 2.63. The second-order valence-corrected chi connectivity index (χ2v) is 3.59. The average molecular weight is 223 g/mol. The van der Waals surface area contributed by atoms with Gasteiger partial charge in [0.25, 0.3) is 0 Å². The van der Waals surface area contributed by atoms with E-state index >= 15 is 0 Å². The summed E-state index contributed by atoms with van der Waals surface area (Å²) < 4.78 is 0. The van der Waals surface area contributed by atoms with Crippen LogP contribution in [0.1, 0.15) is 11.4 Å². The Morgan fingerprint density at radius 2 is 2.40 bits per heavy atom. The van der Waals surface area contributed by atoms with Gasteiger partial charge >= 0.3 is 0 Å². The number of aromatic amines is 1. The first-order valence-corrected chi connectivity index (χ1v) is 4.97. The van der Waals surface area contributed by atoms with Crippen molar-refractivity contribution in [1.82, 2.24) is 15.0 Å². The molecule has 2 rings (SSSR count). The second-order valence-electron chi connectivity index (χ2n) is 3.18. The molecule has 0 saturated heterocycles. The third-order valence-corrected chi connectivity index (χ3v) is 2.48. The van der Waals surface area contributed by atoms with E-state index in [9.17, 15) is 0 Å². The second kappa shape index (κ2) is 4.31. The van der Waals surface area contributed by atoms with Gasteiger partial charge in [0.15, 0.2) is 0 Å². The number of pyridine rings is 1. The van der Waals surface area contributed by atoms with Gasteiger partial charge in [0.2, 0.25) is 0 Å². The van der Waals surface area contributed by atoms with E-state index in [0.29, 0.717) is 11.6 Å². The molecule has 0 aliphatic carbocycles. The molecule has 2 aromatic rings. The third kappa shape index (κ3) is 2.27. The minimum absolute atomic E-state index is 0.640. The van der Waals surface area contributed by atoms with Crippen molar-refractivity contribution in [2.75, 3.05) is 5.32 Å². The molecule has 2 aromatic heterocycles. The van der Waals surface area contributed by atoms with Crippen LogP contribution in [0.15, 0.2) is 24.8 Å². The Morgan fingerprint density at radius 1 is 1.53 bits per heavy atom. The number of anilines is 1. The van der Waals surface area contributed by atoms with E-state index in [-0.39, 0.29) is 0 Å². The summed E-state index contributed by atoms with van der Waals surface area (Å²) >= 11 is 5.97. The molecule has 0 aromatic carbocycles. The number of halogens is 1. The van der Waals surface area contributed by atoms with Crippen LogP contribution in [0.3, 0.4) is 0 Å². The molecular formula is C10H11ClN4. The number of hydrogen-bond donors (Lipinski definition) is 2. The van der Waals surface area contributed by atoms with Gasteiger partial charge in [-0.3, -0.25) is 4.98 Å². The first-order chi connectivity index (χ1) is 7.27. The Kier molecular flexibility index (Phi) is 2.87. The van der Waals surface area contributed by atoms with Gasteiger partial charge in [-0.1, -0.05) is 11.6 Å². The highest BCUT2D eigenvalue weighted by atomic mass is 35.5. The molecule has 0 unspecified atom stereocenters. The molecule has 0 saturated carbocycles. The van der Waals surface area contributed by atoms with Crippen molar-refractivity contribution in [3.63, 3.8) is 0 Å². The Hall–Kier alpha value is -1.55. The zero-order valence-electron chi connectivity index (χ0n) is 8.29. The SMILES string of the molecule is Cc1[nH]cnc1CNc1cnccc1Cl. The minimum Gasteiger partial charge on any atom is -0.377 e. The third-order valence-electron chi connectivity index (χ3n) is 2.15. The largest absolute Gasteiger partial charge is 0.377 e. The van der Waals surface area contributed by atoms with E-state index in [0.717, 1.165) is 17.1 Å². The maximum atomic E-state index is 5.97. The minimum atomic E-state index is 0.640. The van der Waals surface area contributed by atoms with Crippen molar-refractivity contribution < 1.29 is 0 Å². The summed E-state index contributed by atoms with van der Waals surface area (Å²) in [6, 6.07) is 1.75. The van der Waals surface area contributed by atoms with Gasteiger partial charge in [-0.2, -0.15) is 0 Å². The van der Waals surface area contributed by atoms with Crippen LogP contribution < -0.4 is 5.32 Å². The van der Waals surface area contributed by atoms with Gasteiger partial charge in [-0.05, 0) is 13.0 Å². The van der Waals surface area contributed by atoms with Crippen LogP contribution in [0.25, 0.3) is 0 Å². The predicted octanol–water partition coefficient (Wildman–Crippen LogP) is 2.38. The van der Waals surface area contributed by atoms with E-state index in [1.54, 1.807) is 24.8 Å². The maximum Gasteiger partial charge on any atom is 0.0925 e. The Labute approximate surface area is 92.7 Å². The molecule has 0 aliphatic rings. The Morgan fingerprint density at radius 3 is 3.07 bits per heavy atom. The molecule has 0 fully saturated rings. The highest BCUT2D eigenvalue weighted by Crippen LogP contribution is 2.19. The van der Waals surface area contributed by atoms with Gasteiger partial charge in [-0.15, -0.1) is 0 Å². The van der Waals surface area contributed by atoms with Crippen LogP contribution in [0.4, 0.5) is 5.69 Å². The lowest BCUT2D eigenvalue weighted by Gasteiger charge is -2.05. The molecule has 0 atom stereocenters. The van der Waals surface area contributed by atoms with Crippen molar-refractivity contribution >= 4 is 17.3 Å². The number of nitrogens with zero attached hydrogens (tertiary/aromatic N) is 2. The molecule has 15 heavy (non-hydrogen) atoms. The lowest BCUT2D eigenvalue weighted by atomic mass is 10.3. The smallest absolute Gasteiger partial charge is 0.0925 e. The fourth-order valence-corrected chi connectivity index (χ4v) is 1.42. The predicted molar refractivity (Wildman–Crippen MR) is 59.9 cm³/mol. The summed E-state index contributed by atoms with van der Waals surface area (Å²) in [5.74, 6) is 0. The molecule has 4 nitrogen and oxygen atoms in total. The van der Waals surface area contributed by atoms with E-state index < -0.39 is 0 Å². The summed E-state index contributed by atoms with van der Waals surface area (Å²) in [7, 11) is 0. The first kappa shape index (κ1) is 9.98. The van der Waals surface area contributed by atoms with E-state index in [4.69, 9.17) is 11.6 Å². The molecule has 0 amide bonds. The van der Waals surface area contributed by atoms with Crippen molar-refractivity contribution in [3.05, 3.63) is 41.2 Å². The summed E-state index contributed by atoms with van der Waals surface area (Å²) in [5.41, 5.74) is 2.86. The fraction of sp³-hybridized carbons (Fsp3) is 0.200. The van der Waals surface area contributed by atoms with Crippen LogP contribution in [-0.2, 0) is 6.54 Å². The molecule has 0 aliphatic heterocycles. The van der Waals surface area contributed by atoms with Gasteiger partial charge in [0.1, 0.15) is 0 Å². The lowest BCUT2D eigenvalue weighted by Crippen LogP contribution is -2.02. The standard InChI is InChI=1S/C10H11ClN4/c1-7-9(15-6-14-7)5-13-10-4-12-3-2-8(10)11/h2-4,6,13H,5H2,1H3,(H,14,15). The lowest BCUT2D eigenvalue weighted by molar-refractivity contribution is 1.05. The van der Waals surface area contributed by atoms with Crippen molar-refractivity contribution in [1.29, 1.82) is 0 Å². The highest BCUT2D eigenvalue weighted by molar-refractivity contribution is 6.33. The number of rotatable bonds is 3. The van der Waals surface area contributed by atoms with Crippen LogP contribution >= 0.6 is 11.6 Å². The van der Waals surface area contributed by atoms with Gasteiger partial charge in [0, 0.05) is 11.9 Å². The molecule has 2 N–H and O–H groups in total. The number of hydrogen-bond acceptors (Lipinski definition) is 3. The van der Waals surface area contributed by atoms with Crippen LogP contribution in [0.2, 0.25) is 5.02 Å². The molecule has 0 radical (unpaired) electrons. The summed E-state index contributed by atoms with van der Waals surface area (Å²) in [6.07, 6.45) is 5.04. The van der Waals surface area contributed by atoms with E-state index in [1.807, 2.05) is 6.92 Å². The van der Waals surface area contributed by atoms with E-state index in [2.05, 4.69) is 20.3 Å². The molecule has 0 bridgehead atoms. The maximum absolute atomic E-state index is 5.97. The van der Waals surface area contributed by atoms with Gasteiger partial charge in [0.05, 0.1) is 35.5 Å². The zero-order chi connectivity index (χ0) is 10.7. The number of aromatic nitrogens is 3. The summed E-state index contributed by atoms with van der Waals surface area (Å²) in [4.78, 5) is 11.2. The highest BCUT2D eigenvalue weighted by Gasteiger charge is 2.02. The van der Waals surface area contributed by atoms with Crippen molar-refractivity contribution in [2.24, 2.45) is 0 Å². The number of nitrogens with one attached hydrogen (secondary N) is 2. The molecule has 2 heterocycles. The topological polar surface area (TPSA) is 53.6 Å². The van der Waals surface area contributed by atoms with Crippen molar-refractivity contribution in [3.8, 4) is 0 Å². The normalized spacial score (nSPS) is 10.3. The Bertz CT molecular complexity index is 452. The first-order valence-electron chi connectivity index (χ1n) is 4.59. The van der Waals surface area contributed by atoms with Crippen LogP contribution in [0.5, 0.6) is 0 Å². The van der Waals surface area contributed by atoms with Crippen molar-refractivity contribution in [2.45, 2.75) is 13.5 Å². The van der Waals surface area contributed by atoms with Crippen LogP contribution in [-0.4, -0.2) is 15.0 Å². The molecule has 5 heteroatoms. The van der Waals surface area contributed by atoms with E-state index in [1.165, 1.54) is 0 Å². The zero-order valence-corrected chi connectivity index (χ0v) is 9.04. The number of imidazole rings is 1. The van der Waals surface area contributed by atoms with Crippen LogP contribution in [0, 0.1) is 6.92 Å².